The molecule has 2 N–H and O–H groups in total. The lowest BCUT2D eigenvalue weighted by molar-refractivity contribution is 0.537. The van der Waals surface area contributed by atoms with E-state index in [9.17, 15) is 0 Å². The van der Waals surface area contributed by atoms with Crippen molar-refractivity contribution >= 4 is 5.69 Å². The molecule has 1 aliphatic heterocycles. The highest BCUT2D eigenvalue weighted by atomic mass is 15.1. The van der Waals surface area contributed by atoms with Crippen LogP contribution >= 0.6 is 0 Å². The molecule has 2 heteroatoms. The Bertz CT molecular complexity index is 384. The zero-order valence-corrected chi connectivity index (χ0v) is 11.3. The predicted molar refractivity (Wildman–Crippen MR) is 74.5 cm³/mol. The summed E-state index contributed by atoms with van der Waals surface area (Å²) in [4.78, 5) is 2.49. The van der Waals surface area contributed by atoms with E-state index >= 15 is 0 Å². The molecule has 1 heterocycles. The molecule has 1 aliphatic rings. The largest absolute Gasteiger partial charge is 0.371 e. The fraction of sp³-hybridized carbons (Fsp3) is 0.600. The number of hydrogen-bond donors (Lipinski definition) is 1. The minimum absolute atomic E-state index is 0.265. The van der Waals surface area contributed by atoms with Crippen molar-refractivity contribution in [2.24, 2.45) is 5.73 Å². The molecule has 2 nitrogen and oxygen atoms in total. The van der Waals surface area contributed by atoms with E-state index in [1.165, 1.54) is 49.2 Å². The molecule has 0 spiro atoms. The summed E-state index contributed by atoms with van der Waals surface area (Å²) < 4.78 is 0. The van der Waals surface area contributed by atoms with Gasteiger partial charge in [0, 0.05) is 24.3 Å². The van der Waals surface area contributed by atoms with E-state index in [2.05, 4.69) is 43.9 Å². The van der Waals surface area contributed by atoms with E-state index in [1.54, 1.807) is 0 Å². The SMILES string of the molecule is Cc1ccc(N2CCCCC2)c(C(C)(C)N)c1. The molecule has 0 bridgehead atoms. The van der Waals surface area contributed by atoms with E-state index in [4.69, 9.17) is 5.73 Å². The van der Waals surface area contributed by atoms with E-state index in [-0.39, 0.29) is 5.54 Å². The van der Waals surface area contributed by atoms with Crippen LogP contribution in [0.4, 0.5) is 5.69 Å². The number of nitrogens with zero attached hydrogens (tertiary/aromatic N) is 1. The van der Waals surface area contributed by atoms with Gasteiger partial charge in [0.05, 0.1) is 0 Å². The highest BCUT2D eigenvalue weighted by molar-refractivity contribution is 5.57. The first kappa shape index (κ1) is 12.4. The van der Waals surface area contributed by atoms with Gasteiger partial charge < -0.3 is 10.6 Å². The van der Waals surface area contributed by atoms with Crippen molar-refractivity contribution in [2.75, 3.05) is 18.0 Å². The minimum Gasteiger partial charge on any atom is -0.371 e. The Morgan fingerprint density at radius 1 is 1.12 bits per heavy atom. The van der Waals surface area contributed by atoms with Crippen LogP contribution in [0.1, 0.15) is 44.2 Å². The minimum atomic E-state index is -0.265. The second kappa shape index (κ2) is 4.69. The molecule has 1 fully saturated rings. The van der Waals surface area contributed by atoms with Crippen molar-refractivity contribution in [1.29, 1.82) is 0 Å². The summed E-state index contributed by atoms with van der Waals surface area (Å²) in [6.07, 6.45) is 3.97. The number of aryl methyl sites for hydroxylation is 1. The fourth-order valence-electron chi connectivity index (χ4n) is 2.58. The van der Waals surface area contributed by atoms with Gasteiger partial charge in [0.2, 0.25) is 0 Å². The Morgan fingerprint density at radius 3 is 2.35 bits per heavy atom. The van der Waals surface area contributed by atoms with Gasteiger partial charge in [-0.3, -0.25) is 0 Å². The summed E-state index contributed by atoms with van der Waals surface area (Å²) >= 11 is 0. The quantitative estimate of drug-likeness (QED) is 0.848. The molecule has 1 aromatic rings. The van der Waals surface area contributed by atoms with Gasteiger partial charge in [-0.25, -0.2) is 0 Å². The number of piperidine rings is 1. The summed E-state index contributed by atoms with van der Waals surface area (Å²) in [5.74, 6) is 0. The van der Waals surface area contributed by atoms with Crippen LogP contribution in [-0.4, -0.2) is 13.1 Å². The summed E-state index contributed by atoms with van der Waals surface area (Å²) in [6, 6.07) is 6.67. The number of benzene rings is 1. The van der Waals surface area contributed by atoms with Crippen molar-refractivity contribution in [1.82, 2.24) is 0 Å². The Balaban J connectivity index is 2.38. The second-order valence-corrected chi connectivity index (χ2v) is 5.79. The Hall–Kier alpha value is -1.02. The molecular formula is C15H24N2. The summed E-state index contributed by atoms with van der Waals surface area (Å²) in [7, 11) is 0. The molecule has 0 aliphatic carbocycles. The van der Waals surface area contributed by atoms with Gasteiger partial charge in [-0.15, -0.1) is 0 Å². The van der Waals surface area contributed by atoms with Crippen LogP contribution in [0.15, 0.2) is 18.2 Å². The molecule has 94 valence electrons. The van der Waals surface area contributed by atoms with Gasteiger partial charge >= 0.3 is 0 Å². The molecule has 0 unspecified atom stereocenters. The Morgan fingerprint density at radius 2 is 1.76 bits per heavy atom. The fourth-order valence-corrected chi connectivity index (χ4v) is 2.58. The summed E-state index contributed by atoms with van der Waals surface area (Å²) in [5.41, 5.74) is 9.95. The Kier molecular flexibility index (Phi) is 3.43. The van der Waals surface area contributed by atoms with Crippen molar-refractivity contribution in [3.8, 4) is 0 Å². The van der Waals surface area contributed by atoms with E-state index in [0.29, 0.717) is 0 Å². The molecule has 0 saturated carbocycles. The molecule has 0 atom stereocenters. The maximum atomic E-state index is 6.31. The maximum absolute atomic E-state index is 6.31. The zero-order chi connectivity index (χ0) is 12.5. The van der Waals surface area contributed by atoms with Crippen LogP contribution in [0.3, 0.4) is 0 Å². The average molecular weight is 232 g/mol. The summed E-state index contributed by atoms with van der Waals surface area (Å²) in [5, 5.41) is 0. The van der Waals surface area contributed by atoms with E-state index < -0.39 is 0 Å². The van der Waals surface area contributed by atoms with Gasteiger partial charge in [0.15, 0.2) is 0 Å². The molecule has 0 radical (unpaired) electrons. The zero-order valence-electron chi connectivity index (χ0n) is 11.3. The number of rotatable bonds is 2. The topological polar surface area (TPSA) is 29.3 Å². The van der Waals surface area contributed by atoms with Gasteiger partial charge in [-0.05, 0) is 51.7 Å². The van der Waals surface area contributed by atoms with Crippen molar-refractivity contribution in [3.63, 3.8) is 0 Å². The van der Waals surface area contributed by atoms with E-state index in [0.717, 1.165) is 0 Å². The first-order chi connectivity index (χ1) is 7.98. The van der Waals surface area contributed by atoms with Gasteiger partial charge in [0.25, 0.3) is 0 Å². The first-order valence-corrected chi connectivity index (χ1v) is 6.63. The first-order valence-electron chi connectivity index (χ1n) is 6.63. The Labute approximate surface area is 105 Å². The van der Waals surface area contributed by atoms with Crippen molar-refractivity contribution in [2.45, 2.75) is 45.6 Å². The van der Waals surface area contributed by atoms with E-state index in [1.807, 2.05) is 0 Å². The van der Waals surface area contributed by atoms with Crippen LogP contribution < -0.4 is 10.6 Å². The average Bonchev–Trinajstić information content (AvgIpc) is 2.29. The molecule has 17 heavy (non-hydrogen) atoms. The maximum Gasteiger partial charge on any atom is 0.0417 e. The third-order valence-electron chi connectivity index (χ3n) is 3.54. The lowest BCUT2D eigenvalue weighted by Gasteiger charge is -2.34. The summed E-state index contributed by atoms with van der Waals surface area (Å²) in [6.45, 7) is 8.66. The van der Waals surface area contributed by atoms with Gasteiger partial charge in [0.1, 0.15) is 0 Å². The standard InChI is InChI=1S/C15H24N2/c1-12-7-8-14(13(11-12)15(2,3)16)17-9-5-4-6-10-17/h7-8,11H,4-6,9-10,16H2,1-3H3. The van der Waals surface area contributed by atoms with Crippen LogP contribution in [0.25, 0.3) is 0 Å². The molecule has 1 saturated heterocycles. The molecule has 0 aromatic heterocycles. The lowest BCUT2D eigenvalue weighted by Crippen LogP contribution is -2.35. The van der Waals surface area contributed by atoms with Crippen molar-refractivity contribution < 1.29 is 0 Å². The lowest BCUT2D eigenvalue weighted by atomic mass is 9.91. The predicted octanol–water partition coefficient (Wildman–Crippen LogP) is 3.18. The highest BCUT2D eigenvalue weighted by Crippen LogP contribution is 2.31. The monoisotopic (exact) mass is 232 g/mol. The molecular weight excluding hydrogens is 208 g/mol. The number of hydrogen-bond acceptors (Lipinski definition) is 2. The third kappa shape index (κ3) is 2.81. The van der Waals surface area contributed by atoms with Crippen LogP contribution in [0, 0.1) is 6.92 Å². The van der Waals surface area contributed by atoms with Crippen LogP contribution in [-0.2, 0) is 5.54 Å². The highest BCUT2D eigenvalue weighted by Gasteiger charge is 2.22. The van der Waals surface area contributed by atoms with Crippen molar-refractivity contribution in [3.05, 3.63) is 29.3 Å². The normalized spacial score (nSPS) is 17.3. The second-order valence-electron chi connectivity index (χ2n) is 5.79. The molecule has 2 rings (SSSR count). The smallest absolute Gasteiger partial charge is 0.0417 e. The third-order valence-corrected chi connectivity index (χ3v) is 3.54. The van der Waals surface area contributed by atoms with Gasteiger partial charge in [-0.2, -0.15) is 0 Å². The van der Waals surface area contributed by atoms with Gasteiger partial charge in [-0.1, -0.05) is 17.7 Å². The number of anilines is 1. The molecule has 0 amide bonds. The molecule has 1 aromatic carbocycles. The van der Waals surface area contributed by atoms with Crippen LogP contribution in [0.5, 0.6) is 0 Å². The number of nitrogens with two attached hydrogens (primary N) is 1. The van der Waals surface area contributed by atoms with Crippen LogP contribution in [0.2, 0.25) is 0 Å².